The number of ether oxygens (including phenoxy) is 3. The summed E-state index contributed by atoms with van der Waals surface area (Å²) in [7, 11) is 1.58. The number of esters is 1. The molecule has 0 radical (unpaired) electrons. The smallest absolute Gasteiger partial charge is 0.340 e. The summed E-state index contributed by atoms with van der Waals surface area (Å²) in [6.07, 6.45) is 2.00. The van der Waals surface area contributed by atoms with E-state index in [0.29, 0.717) is 23.6 Å². The lowest BCUT2D eigenvalue weighted by Crippen LogP contribution is -2.34. The zero-order valence-electron chi connectivity index (χ0n) is 14.9. The maximum Gasteiger partial charge on any atom is 0.340 e. The number of aromatic nitrogens is 1. The standard InChI is InChI=1S/C19H22N2O5/c1-12-16(9-13-8-14(24-2)5-6-17(13)21-12)19(23)26-11-18(22)20-10-15-4-3-7-25-15/h5-6,8-9,15H,3-4,7,10-11H2,1-2H3,(H,20,22)/t15-/m0/s1. The first-order valence-corrected chi connectivity index (χ1v) is 8.57. The summed E-state index contributed by atoms with van der Waals surface area (Å²) < 4.78 is 15.8. The van der Waals surface area contributed by atoms with Crippen LogP contribution in [0.1, 0.15) is 28.9 Å². The predicted molar refractivity (Wildman–Crippen MR) is 95.3 cm³/mol. The lowest BCUT2D eigenvalue weighted by Gasteiger charge is -2.11. The third kappa shape index (κ3) is 4.29. The molecule has 7 nitrogen and oxygen atoms in total. The van der Waals surface area contributed by atoms with Crippen LogP contribution in [0.25, 0.3) is 10.9 Å². The molecule has 1 saturated heterocycles. The highest BCUT2D eigenvalue weighted by Gasteiger charge is 2.18. The average molecular weight is 358 g/mol. The number of rotatable bonds is 6. The van der Waals surface area contributed by atoms with Crippen LogP contribution >= 0.6 is 0 Å². The van der Waals surface area contributed by atoms with Crippen molar-refractivity contribution >= 4 is 22.8 Å². The second-order valence-electron chi connectivity index (χ2n) is 6.20. The van der Waals surface area contributed by atoms with E-state index in [0.717, 1.165) is 30.4 Å². The van der Waals surface area contributed by atoms with Gasteiger partial charge in [-0.2, -0.15) is 0 Å². The Morgan fingerprint density at radius 1 is 1.35 bits per heavy atom. The third-order valence-electron chi connectivity index (χ3n) is 4.32. The zero-order valence-corrected chi connectivity index (χ0v) is 14.9. The number of aryl methyl sites for hydroxylation is 1. The molecular formula is C19H22N2O5. The van der Waals surface area contributed by atoms with E-state index in [2.05, 4.69) is 10.3 Å². The van der Waals surface area contributed by atoms with Gasteiger partial charge in [0, 0.05) is 18.5 Å². The molecule has 26 heavy (non-hydrogen) atoms. The number of nitrogens with zero attached hydrogens (tertiary/aromatic N) is 1. The van der Waals surface area contributed by atoms with Gasteiger partial charge in [0.25, 0.3) is 5.91 Å². The highest BCUT2D eigenvalue weighted by Crippen LogP contribution is 2.22. The van der Waals surface area contributed by atoms with Gasteiger partial charge in [0.05, 0.1) is 30.0 Å². The Morgan fingerprint density at radius 2 is 2.19 bits per heavy atom. The summed E-state index contributed by atoms with van der Waals surface area (Å²) >= 11 is 0. The Balaban J connectivity index is 1.61. The van der Waals surface area contributed by atoms with Gasteiger partial charge in [-0.15, -0.1) is 0 Å². The van der Waals surface area contributed by atoms with Gasteiger partial charge in [-0.3, -0.25) is 9.78 Å². The number of hydrogen-bond donors (Lipinski definition) is 1. The highest BCUT2D eigenvalue weighted by atomic mass is 16.5. The molecular weight excluding hydrogens is 336 g/mol. The predicted octanol–water partition coefficient (Wildman–Crippen LogP) is 2.00. The SMILES string of the molecule is COc1ccc2nc(C)c(C(=O)OCC(=O)NC[C@@H]3CCCO3)cc2c1. The molecule has 0 saturated carbocycles. The second-order valence-corrected chi connectivity index (χ2v) is 6.20. The van der Waals surface area contributed by atoms with Crippen LogP contribution in [0.3, 0.4) is 0 Å². The minimum Gasteiger partial charge on any atom is -0.497 e. The molecule has 1 aromatic carbocycles. The van der Waals surface area contributed by atoms with E-state index in [1.807, 2.05) is 12.1 Å². The lowest BCUT2D eigenvalue weighted by molar-refractivity contribution is -0.124. The topological polar surface area (TPSA) is 86.8 Å². The third-order valence-corrected chi connectivity index (χ3v) is 4.32. The van der Waals surface area contributed by atoms with E-state index < -0.39 is 5.97 Å². The van der Waals surface area contributed by atoms with E-state index in [1.165, 1.54) is 0 Å². The summed E-state index contributed by atoms with van der Waals surface area (Å²) in [5.41, 5.74) is 1.64. The van der Waals surface area contributed by atoms with Crippen molar-refractivity contribution in [3.8, 4) is 5.75 Å². The zero-order chi connectivity index (χ0) is 18.5. The molecule has 0 unspecified atom stereocenters. The first-order chi connectivity index (χ1) is 12.6. The molecule has 0 aliphatic carbocycles. The van der Waals surface area contributed by atoms with Gasteiger partial charge in [-0.05, 0) is 44.0 Å². The van der Waals surface area contributed by atoms with Crippen molar-refractivity contribution in [2.24, 2.45) is 0 Å². The van der Waals surface area contributed by atoms with Crippen LogP contribution in [-0.2, 0) is 14.3 Å². The maximum absolute atomic E-state index is 12.3. The molecule has 0 spiro atoms. The van der Waals surface area contributed by atoms with Gasteiger partial charge in [0.15, 0.2) is 6.61 Å². The summed E-state index contributed by atoms with van der Waals surface area (Å²) in [4.78, 5) is 28.6. The van der Waals surface area contributed by atoms with Crippen LogP contribution in [0.15, 0.2) is 24.3 Å². The highest BCUT2D eigenvalue weighted by molar-refractivity contribution is 5.96. The number of amides is 1. The first kappa shape index (κ1) is 18.1. The minimum atomic E-state index is -0.577. The van der Waals surface area contributed by atoms with Crippen LogP contribution in [0.2, 0.25) is 0 Å². The van der Waals surface area contributed by atoms with Crippen molar-refractivity contribution < 1.29 is 23.8 Å². The Morgan fingerprint density at radius 3 is 2.92 bits per heavy atom. The van der Waals surface area contributed by atoms with E-state index >= 15 is 0 Å². The van der Waals surface area contributed by atoms with Gasteiger partial charge in [-0.25, -0.2) is 4.79 Å². The Kier molecular flexibility index (Phi) is 5.68. The van der Waals surface area contributed by atoms with Crippen LogP contribution in [0.4, 0.5) is 0 Å². The molecule has 1 amide bonds. The molecule has 2 heterocycles. The molecule has 1 aromatic heterocycles. The molecule has 1 fully saturated rings. The Bertz CT molecular complexity index is 815. The van der Waals surface area contributed by atoms with Gasteiger partial charge in [0.2, 0.25) is 0 Å². The average Bonchev–Trinajstić information content (AvgIpc) is 3.17. The molecule has 2 aromatic rings. The van der Waals surface area contributed by atoms with Crippen molar-refractivity contribution in [1.29, 1.82) is 0 Å². The number of carbonyl (C=O) groups is 2. The largest absolute Gasteiger partial charge is 0.497 e. The van der Waals surface area contributed by atoms with E-state index in [9.17, 15) is 9.59 Å². The summed E-state index contributed by atoms with van der Waals surface area (Å²) in [6.45, 7) is 2.57. The van der Waals surface area contributed by atoms with Gasteiger partial charge in [0.1, 0.15) is 5.75 Å². The fourth-order valence-corrected chi connectivity index (χ4v) is 2.88. The molecule has 0 bridgehead atoms. The number of pyridine rings is 1. The molecule has 1 atom stereocenters. The molecule has 1 aliphatic heterocycles. The van der Waals surface area contributed by atoms with E-state index in [1.54, 1.807) is 26.2 Å². The number of fused-ring (bicyclic) bond motifs is 1. The summed E-state index contributed by atoms with van der Waals surface area (Å²) in [5.74, 6) is -0.245. The van der Waals surface area contributed by atoms with Crippen molar-refractivity contribution in [3.05, 3.63) is 35.5 Å². The lowest BCUT2D eigenvalue weighted by atomic mass is 10.1. The maximum atomic E-state index is 12.3. The summed E-state index contributed by atoms with van der Waals surface area (Å²) in [5, 5.41) is 3.49. The Hall–Kier alpha value is -2.67. The van der Waals surface area contributed by atoms with E-state index in [4.69, 9.17) is 14.2 Å². The van der Waals surface area contributed by atoms with Crippen molar-refractivity contribution in [2.45, 2.75) is 25.9 Å². The molecule has 3 rings (SSSR count). The van der Waals surface area contributed by atoms with Crippen LogP contribution in [0.5, 0.6) is 5.75 Å². The number of carbonyl (C=O) groups excluding carboxylic acids is 2. The van der Waals surface area contributed by atoms with Crippen molar-refractivity contribution in [1.82, 2.24) is 10.3 Å². The fourth-order valence-electron chi connectivity index (χ4n) is 2.88. The number of methoxy groups -OCH3 is 1. The summed E-state index contributed by atoms with van der Waals surface area (Å²) in [6, 6.07) is 7.14. The molecule has 7 heteroatoms. The van der Waals surface area contributed by atoms with Gasteiger partial charge >= 0.3 is 5.97 Å². The van der Waals surface area contributed by atoms with Crippen LogP contribution in [0, 0.1) is 6.92 Å². The van der Waals surface area contributed by atoms with Gasteiger partial charge < -0.3 is 19.5 Å². The number of benzene rings is 1. The van der Waals surface area contributed by atoms with Crippen molar-refractivity contribution in [2.75, 3.05) is 26.9 Å². The monoisotopic (exact) mass is 358 g/mol. The first-order valence-electron chi connectivity index (χ1n) is 8.57. The van der Waals surface area contributed by atoms with E-state index in [-0.39, 0.29) is 18.6 Å². The molecule has 138 valence electrons. The van der Waals surface area contributed by atoms with Gasteiger partial charge in [-0.1, -0.05) is 0 Å². The van der Waals surface area contributed by atoms with Crippen LogP contribution in [-0.4, -0.2) is 49.8 Å². The molecule has 1 N–H and O–H groups in total. The van der Waals surface area contributed by atoms with Crippen LogP contribution < -0.4 is 10.1 Å². The quantitative estimate of drug-likeness (QED) is 0.795. The number of nitrogens with one attached hydrogen (secondary N) is 1. The Labute approximate surface area is 151 Å². The normalized spacial score (nSPS) is 16.5. The van der Waals surface area contributed by atoms with Crippen molar-refractivity contribution in [3.63, 3.8) is 0 Å². The second kappa shape index (κ2) is 8.14. The molecule has 1 aliphatic rings. The fraction of sp³-hybridized carbons (Fsp3) is 0.421. The number of hydrogen-bond acceptors (Lipinski definition) is 6. The minimum absolute atomic E-state index is 0.0524.